The molecule has 1 aromatic heterocycles. The third kappa shape index (κ3) is 2.54. The third-order valence-corrected chi connectivity index (χ3v) is 4.22. The molecule has 7 nitrogen and oxygen atoms in total. The van der Waals surface area contributed by atoms with E-state index in [9.17, 15) is 22.8 Å². The van der Waals surface area contributed by atoms with E-state index >= 15 is 0 Å². The Morgan fingerprint density at radius 2 is 2.00 bits per heavy atom. The molecule has 0 saturated heterocycles. The predicted molar refractivity (Wildman–Crippen MR) is 85.5 cm³/mol. The molecule has 3 rings (SSSR count). The highest BCUT2D eigenvalue weighted by atomic mass is 19.4. The number of hydrogen-bond donors (Lipinski definition) is 2. The minimum atomic E-state index is -4.92. The number of allylic oxidation sites excluding steroid dienone is 2. The summed E-state index contributed by atoms with van der Waals surface area (Å²) in [5.74, 6) is -5.35. The first-order valence-corrected chi connectivity index (χ1v) is 7.51. The van der Waals surface area contributed by atoms with E-state index in [2.05, 4.69) is 9.98 Å². The highest BCUT2D eigenvalue weighted by Gasteiger charge is 2.65. The van der Waals surface area contributed by atoms with Crippen LogP contribution in [0.4, 0.5) is 13.2 Å². The maximum atomic E-state index is 14.1. The van der Waals surface area contributed by atoms with Gasteiger partial charge in [0.1, 0.15) is 5.92 Å². The first-order chi connectivity index (χ1) is 12.2. The number of alkyl halides is 3. The standard InChI is InChI=1S/C16H14F3N5O2/c17-16(18,19)11(9-5-1-3-7-22-9)15(14(21)26)10-6-2-4-8-24(10)13(23-15)12(20)25/h1-7,11H,8H2,(H2,20,25)(H2,21,26). The molecule has 2 unspecified atom stereocenters. The maximum Gasteiger partial charge on any atom is 0.400 e. The summed E-state index contributed by atoms with van der Waals surface area (Å²) in [4.78, 5) is 32.8. The SMILES string of the molecule is NC(=O)C1=NC(C(N)=O)(C(c2ccccn2)C(F)(F)F)C2=CC=CCN21. The van der Waals surface area contributed by atoms with Crippen molar-refractivity contribution in [3.8, 4) is 0 Å². The lowest BCUT2D eigenvalue weighted by molar-refractivity contribution is -0.168. The number of hydrogen-bond acceptors (Lipinski definition) is 5. The van der Waals surface area contributed by atoms with Gasteiger partial charge in [-0.1, -0.05) is 18.2 Å². The number of amidine groups is 1. The molecule has 26 heavy (non-hydrogen) atoms. The molecule has 3 heterocycles. The molecular weight excluding hydrogens is 351 g/mol. The number of rotatable bonds is 4. The first kappa shape index (κ1) is 17.6. The lowest BCUT2D eigenvalue weighted by Gasteiger charge is -2.36. The molecule has 0 fully saturated rings. The van der Waals surface area contributed by atoms with Crippen LogP contribution in [0.3, 0.4) is 0 Å². The second kappa shape index (κ2) is 5.97. The van der Waals surface area contributed by atoms with Crippen LogP contribution in [-0.2, 0) is 9.59 Å². The van der Waals surface area contributed by atoms with E-state index in [0.717, 1.165) is 11.0 Å². The Bertz CT molecular complexity index is 847. The van der Waals surface area contributed by atoms with E-state index in [1.54, 1.807) is 6.08 Å². The van der Waals surface area contributed by atoms with Crippen LogP contribution in [0.2, 0.25) is 0 Å². The summed E-state index contributed by atoms with van der Waals surface area (Å²) in [5, 5.41) is 0. The third-order valence-electron chi connectivity index (χ3n) is 4.22. The molecular formula is C16H14F3N5O2. The number of halogens is 3. The van der Waals surface area contributed by atoms with Crippen molar-refractivity contribution in [3.63, 3.8) is 0 Å². The number of aromatic nitrogens is 1. The molecule has 0 spiro atoms. The number of primary amides is 2. The highest BCUT2D eigenvalue weighted by Crippen LogP contribution is 2.50. The summed E-state index contributed by atoms with van der Waals surface area (Å²) in [7, 11) is 0. The Balaban J connectivity index is 2.33. The Hall–Kier alpha value is -3.17. The van der Waals surface area contributed by atoms with E-state index in [-0.39, 0.29) is 12.2 Å². The Morgan fingerprint density at radius 1 is 1.27 bits per heavy atom. The number of fused-ring (bicyclic) bond motifs is 1. The van der Waals surface area contributed by atoms with Gasteiger partial charge in [-0.25, -0.2) is 4.99 Å². The van der Waals surface area contributed by atoms with E-state index < -0.39 is 41.0 Å². The molecule has 0 bridgehead atoms. The highest BCUT2D eigenvalue weighted by molar-refractivity contribution is 6.39. The molecule has 2 aliphatic rings. The van der Waals surface area contributed by atoms with Gasteiger partial charge in [-0.15, -0.1) is 0 Å². The van der Waals surface area contributed by atoms with E-state index in [0.29, 0.717) is 0 Å². The van der Waals surface area contributed by atoms with Gasteiger partial charge in [0.15, 0.2) is 11.4 Å². The maximum absolute atomic E-state index is 14.1. The summed E-state index contributed by atoms with van der Waals surface area (Å²) in [6, 6.07) is 3.93. The molecule has 0 saturated carbocycles. The zero-order valence-corrected chi connectivity index (χ0v) is 13.3. The molecule has 2 amide bonds. The molecule has 136 valence electrons. The number of pyridine rings is 1. The van der Waals surface area contributed by atoms with Gasteiger partial charge >= 0.3 is 6.18 Å². The molecule has 0 aromatic carbocycles. The summed E-state index contributed by atoms with van der Waals surface area (Å²) < 4.78 is 42.2. The minimum absolute atomic E-state index is 0.0371. The fourth-order valence-corrected chi connectivity index (χ4v) is 3.22. The van der Waals surface area contributed by atoms with Crippen molar-refractivity contribution in [2.75, 3.05) is 6.54 Å². The zero-order valence-electron chi connectivity index (χ0n) is 13.3. The Kier molecular flexibility index (Phi) is 4.05. The van der Waals surface area contributed by atoms with E-state index in [4.69, 9.17) is 11.5 Å². The molecule has 1 aromatic rings. The van der Waals surface area contributed by atoms with Crippen molar-refractivity contribution in [1.82, 2.24) is 9.88 Å². The molecule has 0 radical (unpaired) electrons. The van der Waals surface area contributed by atoms with Crippen LogP contribution in [0, 0.1) is 0 Å². The summed E-state index contributed by atoms with van der Waals surface area (Å²) in [6.45, 7) is 0.0371. The van der Waals surface area contributed by atoms with Gasteiger partial charge in [0.05, 0.1) is 11.4 Å². The smallest absolute Gasteiger partial charge is 0.367 e. The van der Waals surface area contributed by atoms with Crippen molar-refractivity contribution in [2.24, 2.45) is 16.5 Å². The number of nitrogens with two attached hydrogens (primary N) is 2. The summed E-state index contributed by atoms with van der Waals surface area (Å²) >= 11 is 0. The number of aliphatic imine (C=N–C) groups is 1. The van der Waals surface area contributed by atoms with Gasteiger partial charge in [0.2, 0.25) is 0 Å². The van der Waals surface area contributed by atoms with Crippen molar-refractivity contribution < 1.29 is 22.8 Å². The number of carbonyl (C=O) groups is 2. The average Bonchev–Trinajstić information content (AvgIpc) is 2.92. The van der Waals surface area contributed by atoms with E-state index in [1.807, 2.05) is 0 Å². The molecule has 4 N–H and O–H groups in total. The van der Waals surface area contributed by atoms with Crippen LogP contribution in [0.1, 0.15) is 11.6 Å². The van der Waals surface area contributed by atoms with E-state index in [1.165, 1.54) is 30.5 Å². The number of amides is 2. The molecule has 0 aliphatic carbocycles. The molecule has 10 heteroatoms. The number of carbonyl (C=O) groups excluding carboxylic acids is 2. The van der Waals surface area contributed by atoms with Crippen LogP contribution in [0.25, 0.3) is 0 Å². The fraction of sp³-hybridized carbons (Fsp3) is 0.250. The van der Waals surface area contributed by atoms with Gasteiger partial charge < -0.3 is 16.4 Å². The second-order valence-corrected chi connectivity index (χ2v) is 5.75. The Morgan fingerprint density at radius 3 is 2.54 bits per heavy atom. The molecule has 2 aliphatic heterocycles. The summed E-state index contributed by atoms with van der Waals surface area (Å²) in [6.07, 6.45) is 0.573. The topological polar surface area (TPSA) is 115 Å². The molecule has 2 atom stereocenters. The van der Waals surface area contributed by atoms with Crippen molar-refractivity contribution >= 4 is 17.6 Å². The van der Waals surface area contributed by atoms with Crippen LogP contribution >= 0.6 is 0 Å². The fourth-order valence-electron chi connectivity index (χ4n) is 3.22. The van der Waals surface area contributed by atoms with Crippen LogP contribution in [-0.4, -0.2) is 45.8 Å². The lowest BCUT2D eigenvalue weighted by Crippen LogP contribution is -2.54. The van der Waals surface area contributed by atoms with Crippen molar-refractivity contribution in [1.29, 1.82) is 0 Å². The summed E-state index contributed by atoms with van der Waals surface area (Å²) in [5.41, 5.74) is 7.50. The quantitative estimate of drug-likeness (QED) is 0.813. The van der Waals surface area contributed by atoms with Gasteiger partial charge in [-0.05, 0) is 18.2 Å². The van der Waals surface area contributed by atoms with Crippen LogP contribution in [0.15, 0.2) is 53.3 Å². The van der Waals surface area contributed by atoms with Crippen molar-refractivity contribution in [2.45, 2.75) is 17.6 Å². The first-order valence-electron chi connectivity index (χ1n) is 7.51. The number of nitrogens with zero attached hydrogens (tertiary/aromatic N) is 3. The van der Waals surface area contributed by atoms with Gasteiger partial charge in [0, 0.05) is 12.7 Å². The van der Waals surface area contributed by atoms with Gasteiger partial charge in [-0.3, -0.25) is 14.6 Å². The monoisotopic (exact) mass is 365 g/mol. The van der Waals surface area contributed by atoms with Crippen LogP contribution < -0.4 is 11.5 Å². The Labute approximate surface area is 145 Å². The van der Waals surface area contributed by atoms with Gasteiger partial charge in [0.25, 0.3) is 11.8 Å². The lowest BCUT2D eigenvalue weighted by atomic mass is 9.77. The van der Waals surface area contributed by atoms with Gasteiger partial charge in [-0.2, -0.15) is 13.2 Å². The van der Waals surface area contributed by atoms with Crippen LogP contribution in [0.5, 0.6) is 0 Å². The normalized spacial score (nSPS) is 23.1. The second-order valence-electron chi connectivity index (χ2n) is 5.75. The predicted octanol–water partition coefficient (Wildman–Crippen LogP) is 0.605. The minimum Gasteiger partial charge on any atom is -0.367 e. The average molecular weight is 365 g/mol. The van der Waals surface area contributed by atoms with Crippen molar-refractivity contribution in [3.05, 3.63) is 54.0 Å². The largest absolute Gasteiger partial charge is 0.400 e. The zero-order chi connectivity index (χ0) is 19.1.